The van der Waals surface area contributed by atoms with E-state index in [1.807, 2.05) is 6.07 Å². The summed E-state index contributed by atoms with van der Waals surface area (Å²) in [6.45, 7) is 0. The van der Waals surface area contributed by atoms with Crippen LogP contribution in [0, 0.1) is 17.1 Å². The molecule has 0 heterocycles. The summed E-state index contributed by atoms with van der Waals surface area (Å²) in [6.07, 6.45) is 0. The molecule has 3 heteroatoms. The summed E-state index contributed by atoms with van der Waals surface area (Å²) in [5.74, 6) is -0.413. The van der Waals surface area contributed by atoms with Gasteiger partial charge in [-0.1, -0.05) is 23.7 Å². The number of nitriles is 1. The molecule has 0 amide bonds. The van der Waals surface area contributed by atoms with Crippen molar-refractivity contribution in [2.75, 3.05) is 0 Å². The lowest BCUT2D eigenvalue weighted by Crippen LogP contribution is -1.83. The van der Waals surface area contributed by atoms with E-state index in [0.717, 1.165) is 5.56 Å². The summed E-state index contributed by atoms with van der Waals surface area (Å²) in [5.41, 5.74) is 1.82. The second-order valence-electron chi connectivity index (χ2n) is 3.35. The minimum Gasteiger partial charge on any atom is -0.207 e. The number of halogens is 2. The van der Waals surface area contributed by atoms with Crippen LogP contribution in [0.15, 0.2) is 42.5 Å². The summed E-state index contributed by atoms with van der Waals surface area (Å²) in [5, 5.41) is 9.37. The van der Waals surface area contributed by atoms with E-state index in [9.17, 15) is 4.39 Å². The highest BCUT2D eigenvalue weighted by Gasteiger charge is 2.02. The molecule has 0 aliphatic rings. The van der Waals surface area contributed by atoms with Gasteiger partial charge in [0.25, 0.3) is 0 Å². The fourth-order valence-electron chi connectivity index (χ4n) is 1.46. The molecule has 0 aromatic heterocycles. The van der Waals surface area contributed by atoms with E-state index in [1.165, 1.54) is 12.1 Å². The molecular weight excluding hydrogens is 225 g/mol. The van der Waals surface area contributed by atoms with Crippen LogP contribution in [0.1, 0.15) is 5.56 Å². The Labute approximate surface area is 97.7 Å². The lowest BCUT2D eigenvalue weighted by molar-refractivity contribution is 0.628. The Morgan fingerprint density at radius 3 is 2.31 bits per heavy atom. The summed E-state index contributed by atoms with van der Waals surface area (Å²) in [7, 11) is 0. The van der Waals surface area contributed by atoms with Gasteiger partial charge in [0.05, 0.1) is 11.6 Å². The zero-order valence-electron chi connectivity index (χ0n) is 8.24. The van der Waals surface area contributed by atoms with Crippen LogP contribution in [-0.2, 0) is 0 Å². The zero-order valence-corrected chi connectivity index (χ0v) is 9.00. The summed E-state index contributed by atoms with van der Waals surface area (Å²) in [4.78, 5) is 0. The minimum atomic E-state index is -0.413. The maximum atomic E-state index is 13.2. The Morgan fingerprint density at radius 2 is 1.69 bits per heavy atom. The summed E-state index contributed by atoms with van der Waals surface area (Å²) in [6, 6.07) is 13.2. The van der Waals surface area contributed by atoms with Gasteiger partial charge >= 0.3 is 0 Å². The standard InChI is InChI=1S/C13H7ClFN/c14-12-3-1-10(2-4-12)11-5-9(8-16)6-13(15)7-11/h1-7H. The second kappa shape index (κ2) is 4.34. The first-order valence-electron chi connectivity index (χ1n) is 4.65. The third kappa shape index (κ3) is 2.21. The quantitative estimate of drug-likeness (QED) is 0.727. The van der Waals surface area contributed by atoms with E-state index in [1.54, 1.807) is 30.3 Å². The smallest absolute Gasteiger partial charge is 0.125 e. The van der Waals surface area contributed by atoms with Crippen LogP contribution in [0.25, 0.3) is 11.1 Å². The molecule has 0 aliphatic carbocycles. The molecule has 0 fully saturated rings. The monoisotopic (exact) mass is 231 g/mol. The van der Waals surface area contributed by atoms with Crippen LogP contribution in [-0.4, -0.2) is 0 Å². The molecule has 2 rings (SSSR count). The van der Waals surface area contributed by atoms with Crippen LogP contribution in [0.3, 0.4) is 0 Å². The van der Waals surface area contributed by atoms with Gasteiger partial charge in [-0.3, -0.25) is 0 Å². The van der Waals surface area contributed by atoms with E-state index < -0.39 is 5.82 Å². The summed E-state index contributed by atoms with van der Waals surface area (Å²) < 4.78 is 13.2. The molecule has 0 radical (unpaired) electrons. The van der Waals surface area contributed by atoms with Gasteiger partial charge in [-0.25, -0.2) is 4.39 Å². The Hall–Kier alpha value is -1.85. The maximum absolute atomic E-state index is 13.2. The molecule has 0 saturated heterocycles. The van der Waals surface area contributed by atoms with E-state index in [2.05, 4.69) is 0 Å². The third-order valence-corrected chi connectivity index (χ3v) is 2.46. The number of hydrogen-bond acceptors (Lipinski definition) is 1. The van der Waals surface area contributed by atoms with Gasteiger partial charge in [-0.15, -0.1) is 0 Å². The molecule has 0 atom stereocenters. The molecule has 2 aromatic carbocycles. The van der Waals surface area contributed by atoms with Crippen LogP contribution in [0.5, 0.6) is 0 Å². The average molecular weight is 232 g/mol. The first-order valence-corrected chi connectivity index (χ1v) is 5.03. The molecule has 0 unspecified atom stereocenters. The number of rotatable bonds is 1. The van der Waals surface area contributed by atoms with Crippen molar-refractivity contribution >= 4 is 11.6 Å². The topological polar surface area (TPSA) is 23.8 Å². The predicted molar refractivity (Wildman–Crippen MR) is 61.6 cm³/mol. The Morgan fingerprint density at radius 1 is 1.00 bits per heavy atom. The number of benzene rings is 2. The van der Waals surface area contributed by atoms with Gasteiger partial charge in [0, 0.05) is 5.02 Å². The van der Waals surface area contributed by atoms with Gasteiger partial charge in [0.1, 0.15) is 5.82 Å². The SMILES string of the molecule is N#Cc1cc(F)cc(-c2ccc(Cl)cc2)c1. The van der Waals surface area contributed by atoms with Crippen molar-refractivity contribution in [2.24, 2.45) is 0 Å². The van der Waals surface area contributed by atoms with E-state index in [4.69, 9.17) is 16.9 Å². The molecular formula is C13H7ClFN. The van der Waals surface area contributed by atoms with Crippen molar-refractivity contribution in [3.63, 3.8) is 0 Å². The van der Waals surface area contributed by atoms with Crippen molar-refractivity contribution in [1.29, 1.82) is 5.26 Å². The minimum absolute atomic E-state index is 0.310. The normalized spacial score (nSPS) is 9.81. The first kappa shape index (κ1) is 10.7. The molecule has 0 aliphatic heterocycles. The highest BCUT2D eigenvalue weighted by Crippen LogP contribution is 2.23. The van der Waals surface area contributed by atoms with Crippen LogP contribution < -0.4 is 0 Å². The molecule has 2 aromatic rings. The lowest BCUT2D eigenvalue weighted by atomic mass is 10.0. The summed E-state index contributed by atoms with van der Waals surface area (Å²) >= 11 is 5.76. The molecule has 78 valence electrons. The lowest BCUT2D eigenvalue weighted by Gasteiger charge is -2.02. The maximum Gasteiger partial charge on any atom is 0.125 e. The number of nitrogens with zero attached hydrogens (tertiary/aromatic N) is 1. The molecule has 0 N–H and O–H groups in total. The molecule has 0 spiro atoms. The average Bonchev–Trinajstić information content (AvgIpc) is 2.29. The van der Waals surface area contributed by atoms with Crippen molar-refractivity contribution in [3.05, 3.63) is 58.9 Å². The van der Waals surface area contributed by atoms with Crippen LogP contribution in [0.4, 0.5) is 4.39 Å². The van der Waals surface area contributed by atoms with Gasteiger partial charge in [-0.2, -0.15) is 5.26 Å². The van der Waals surface area contributed by atoms with E-state index >= 15 is 0 Å². The van der Waals surface area contributed by atoms with Gasteiger partial charge in [0.2, 0.25) is 0 Å². The van der Waals surface area contributed by atoms with Gasteiger partial charge in [0.15, 0.2) is 0 Å². The Kier molecular flexibility index (Phi) is 2.89. The first-order chi connectivity index (χ1) is 7.69. The zero-order chi connectivity index (χ0) is 11.5. The fraction of sp³-hybridized carbons (Fsp3) is 0. The van der Waals surface area contributed by atoms with E-state index in [-0.39, 0.29) is 0 Å². The van der Waals surface area contributed by atoms with Crippen molar-refractivity contribution in [1.82, 2.24) is 0 Å². The van der Waals surface area contributed by atoms with Crippen molar-refractivity contribution < 1.29 is 4.39 Å². The highest BCUT2D eigenvalue weighted by atomic mass is 35.5. The Balaban J connectivity index is 2.52. The van der Waals surface area contributed by atoms with Crippen LogP contribution in [0.2, 0.25) is 5.02 Å². The second-order valence-corrected chi connectivity index (χ2v) is 3.78. The largest absolute Gasteiger partial charge is 0.207 e. The van der Waals surface area contributed by atoms with Crippen LogP contribution >= 0.6 is 11.6 Å². The van der Waals surface area contributed by atoms with Crippen molar-refractivity contribution in [3.8, 4) is 17.2 Å². The Bertz CT molecular complexity index is 555. The van der Waals surface area contributed by atoms with E-state index in [0.29, 0.717) is 16.1 Å². The fourth-order valence-corrected chi connectivity index (χ4v) is 1.59. The van der Waals surface area contributed by atoms with Gasteiger partial charge < -0.3 is 0 Å². The van der Waals surface area contributed by atoms with Crippen molar-refractivity contribution in [2.45, 2.75) is 0 Å². The molecule has 0 saturated carbocycles. The molecule has 1 nitrogen and oxygen atoms in total. The predicted octanol–water partition coefficient (Wildman–Crippen LogP) is 4.02. The van der Waals surface area contributed by atoms with Gasteiger partial charge in [-0.05, 0) is 41.5 Å². The third-order valence-electron chi connectivity index (χ3n) is 2.20. The molecule has 16 heavy (non-hydrogen) atoms. The number of hydrogen-bond donors (Lipinski definition) is 0. The highest BCUT2D eigenvalue weighted by molar-refractivity contribution is 6.30. The molecule has 0 bridgehead atoms.